The van der Waals surface area contributed by atoms with E-state index in [0.717, 1.165) is 31.7 Å². The van der Waals surface area contributed by atoms with Gasteiger partial charge < -0.3 is 14.5 Å². The maximum absolute atomic E-state index is 13.0. The van der Waals surface area contributed by atoms with Crippen molar-refractivity contribution in [1.29, 1.82) is 0 Å². The summed E-state index contributed by atoms with van der Waals surface area (Å²) in [5.74, 6) is 0.726. The molecule has 0 saturated carbocycles. The smallest absolute Gasteiger partial charge is 0.291 e. The van der Waals surface area contributed by atoms with Crippen molar-refractivity contribution in [2.75, 3.05) is 26.2 Å². The third kappa shape index (κ3) is 5.53. The highest BCUT2D eigenvalue weighted by molar-refractivity contribution is 6.30. The van der Waals surface area contributed by atoms with E-state index in [1.54, 1.807) is 35.5 Å². The van der Waals surface area contributed by atoms with Crippen LogP contribution in [0.1, 0.15) is 42.7 Å². The van der Waals surface area contributed by atoms with Gasteiger partial charge in [0.15, 0.2) is 0 Å². The Morgan fingerprint density at radius 3 is 2.42 bits per heavy atom. The Balaban J connectivity index is 1.48. The molecule has 3 heterocycles. The Hall–Kier alpha value is -2.67. The van der Waals surface area contributed by atoms with E-state index in [1.165, 1.54) is 6.42 Å². The first kappa shape index (κ1) is 21.6. The highest BCUT2D eigenvalue weighted by Gasteiger charge is 2.36. The first-order valence-corrected chi connectivity index (χ1v) is 11.2. The van der Waals surface area contributed by atoms with Crippen LogP contribution in [-0.2, 0) is 4.79 Å². The number of benzene rings is 1. The van der Waals surface area contributed by atoms with Gasteiger partial charge in [0.25, 0.3) is 5.91 Å². The van der Waals surface area contributed by atoms with Crippen molar-refractivity contribution in [1.82, 2.24) is 19.8 Å². The number of amides is 2. The molecule has 8 heteroatoms. The van der Waals surface area contributed by atoms with Crippen LogP contribution in [0.4, 0.5) is 0 Å². The molecule has 2 amide bonds. The lowest BCUT2D eigenvalue weighted by atomic mass is 9.90. The zero-order valence-corrected chi connectivity index (χ0v) is 18.2. The summed E-state index contributed by atoms with van der Waals surface area (Å²) in [6.45, 7) is 2.60. The molecule has 0 radical (unpaired) electrons. The Morgan fingerprint density at radius 1 is 1.00 bits per heavy atom. The highest BCUT2D eigenvalue weighted by Crippen LogP contribution is 2.28. The number of rotatable bonds is 5. The molecule has 164 valence electrons. The largest absolute Gasteiger partial charge is 0.490 e. The van der Waals surface area contributed by atoms with E-state index < -0.39 is 0 Å². The Bertz CT molecular complexity index is 887. The molecule has 0 spiro atoms. The van der Waals surface area contributed by atoms with Gasteiger partial charge in [-0.3, -0.25) is 9.59 Å². The van der Waals surface area contributed by atoms with Crippen LogP contribution in [0, 0.1) is 5.92 Å². The van der Waals surface area contributed by atoms with Gasteiger partial charge in [0.2, 0.25) is 11.7 Å². The molecule has 1 aromatic carbocycles. The number of hydrogen-bond acceptors (Lipinski definition) is 5. The van der Waals surface area contributed by atoms with Gasteiger partial charge in [-0.2, -0.15) is 0 Å². The number of nitrogens with zero attached hydrogens (tertiary/aromatic N) is 4. The van der Waals surface area contributed by atoms with Crippen LogP contribution in [0.5, 0.6) is 5.75 Å². The molecular weight excluding hydrogens is 416 g/mol. The number of carbonyl (C=O) groups excluding carboxylic acids is 2. The van der Waals surface area contributed by atoms with E-state index in [4.69, 9.17) is 16.3 Å². The van der Waals surface area contributed by atoms with Gasteiger partial charge in [-0.1, -0.05) is 11.6 Å². The molecule has 2 aromatic rings. The normalized spacial score (nSPS) is 21.6. The van der Waals surface area contributed by atoms with Crippen LogP contribution in [0.25, 0.3) is 0 Å². The molecule has 2 fully saturated rings. The number of hydrogen-bond donors (Lipinski definition) is 0. The summed E-state index contributed by atoms with van der Waals surface area (Å²) in [6, 6.07) is 8.93. The predicted molar refractivity (Wildman–Crippen MR) is 117 cm³/mol. The Labute approximate surface area is 187 Å². The van der Waals surface area contributed by atoms with Crippen molar-refractivity contribution < 1.29 is 14.3 Å². The summed E-state index contributed by atoms with van der Waals surface area (Å²) in [5, 5.41) is 0.646. The Morgan fingerprint density at radius 2 is 1.71 bits per heavy atom. The standard InChI is InChI=1S/C23H27ClN4O3/c24-18-5-7-19(8-6-18)31-20-9-14-28(23(30)22-25-10-4-11-26-22)16-17(20)15-21(29)27-12-2-1-3-13-27/h4-8,10-11,17,20H,1-3,9,12-16H2/t17-,20-/m0/s1. The number of halogens is 1. The van der Waals surface area contributed by atoms with Crippen molar-refractivity contribution in [3.8, 4) is 5.75 Å². The third-order valence-corrected chi connectivity index (χ3v) is 6.21. The molecule has 2 aliphatic rings. The summed E-state index contributed by atoms with van der Waals surface area (Å²) in [7, 11) is 0. The monoisotopic (exact) mass is 442 g/mol. The second kappa shape index (κ2) is 10.1. The van der Waals surface area contributed by atoms with Gasteiger partial charge >= 0.3 is 0 Å². The predicted octanol–water partition coefficient (Wildman–Crippen LogP) is 3.44. The molecule has 1 aromatic heterocycles. The fraction of sp³-hybridized carbons (Fsp3) is 0.478. The van der Waals surface area contributed by atoms with Gasteiger partial charge in [-0.25, -0.2) is 9.97 Å². The van der Waals surface area contributed by atoms with E-state index in [1.807, 2.05) is 17.0 Å². The van der Waals surface area contributed by atoms with Crippen LogP contribution in [-0.4, -0.2) is 63.9 Å². The first-order chi connectivity index (χ1) is 15.1. The summed E-state index contributed by atoms with van der Waals surface area (Å²) in [6.07, 6.45) is 7.25. The van der Waals surface area contributed by atoms with Gasteiger partial charge in [-0.15, -0.1) is 0 Å². The lowest BCUT2D eigenvalue weighted by Gasteiger charge is -2.39. The summed E-state index contributed by atoms with van der Waals surface area (Å²) in [5.41, 5.74) is 0. The average Bonchev–Trinajstić information content (AvgIpc) is 2.82. The number of ether oxygens (including phenoxy) is 1. The van der Waals surface area contributed by atoms with E-state index >= 15 is 0 Å². The van der Waals surface area contributed by atoms with Gasteiger partial charge in [0.05, 0.1) is 0 Å². The number of likely N-dealkylation sites (tertiary alicyclic amines) is 2. The molecule has 4 rings (SSSR count). The van der Waals surface area contributed by atoms with Crippen molar-refractivity contribution >= 4 is 23.4 Å². The third-order valence-electron chi connectivity index (χ3n) is 5.96. The summed E-state index contributed by atoms with van der Waals surface area (Å²) < 4.78 is 6.25. The summed E-state index contributed by atoms with van der Waals surface area (Å²) >= 11 is 5.99. The van der Waals surface area contributed by atoms with E-state index in [-0.39, 0.29) is 29.7 Å². The average molecular weight is 443 g/mol. The number of piperidine rings is 2. The first-order valence-electron chi connectivity index (χ1n) is 10.9. The lowest BCUT2D eigenvalue weighted by molar-refractivity contribution is -0.134. The SMILES string of the molecule is O=C(C[C@H]1CN(C(=O)c2ncccn2)CC[C@@H]1Oc1ccc(Cl)cc1)N1CCCCC1. The molecule has 2 saturated heterocycles. The van der Waals surface area contributed by atoms with Crippen molar-refractivity contribution in [2.24, 2.45) is 5.92 Å². The maximum atomic E-state index is 13.0. The quantitative estimate of drug-likeness (QED) is 0.709. The second-order valence-corrected chi connectivity index (χ2v) is 8.56. The molecular formula is C23H27ClN4O3. The van der Waals surface area contributed by atoms with Crippen LogP contribution in [0.3, 0.4) is 0 Å². The topological polar surface area (TPSA) is 75.6 Å². The fourth-order valence-electron chi connectivity index (χ4n) is 4.28. The van der Waals surface area contributed by atoms with Crippen LogP contribution >= 0.6 is 11.6 Å². The zero-order chi connectivity index (χ0) is 21.6. The van der Waals surface area contributed by atoms with Crippen molar-refractivity contribution in [3.63, 3.8) is 0 Å². The minimum atomic E-state index is -0.207. The molecule has 0 aliphatic carbocycles. The van der Waals surface area contributed by atoms with Crippen molar-refractivity contribution in [2.45, 2.75) is 38.2 Å². The highest BCUT2D eigenvalue weighted by atomic mass is 35.5. The molecule has 2 atom stereocenters. The molecule has 0 unspecified atom stereocenters. The van der Waals surface area contributed by atoms with Gasteiger partial charge in [0.1, 0.15) is 11.9 Å². The van der Waals surface area contributed by atoms with E-state index in [0.29, 0.717) is 31.0 Å². The summed E-state index contributed by atoms with van der Waals surface area (Å²) in [4.78, 5) is 37.7. The van der Waals surface area contributed by atoms with Crippen LogP contribution in [0.15, 0.2) is 42.7 Å². The minimum absolute atomic E-state index is 0.105. The molecule has 31 heavy (non-hydrogen) atoms. The maximum Gasteiger partial charge on any atom is 0.291 e. The lowest BCUT2D eigenvalue weighted by Crippen LogP contribution is -2.50. The van der Waals surface area contributed by atoms with Crippen LogP contribution in [0.2, 0.25) is 5.02 Å². The zero-order valence-electron chi connectivity index (χ0n) is 17.5. The van der Waals surface area contributed by atoms with Gasteiger partial charge in [-0.05, 0) is 49.6 Å². The molecule has 2 aliphatic heterocycles. The van der Waals surface area contributed by atoms with E-state index in [2.05, 4.69) is 9.97 Å². The fourth-order valence-corrected chi connectivity index (χ4v) is 4.41. The second-order valence-electron chi connectivity index (χ2n) is 8.13. The van der Waals surface area contributed by atoms with E-state index in [9.17, 15) is 9.59 Å². The van der Waals surface area contributed by atoms with Crippen LogP contribution < -0.4 is 4.74 Å². The Kier molecular flexibility index (Phi) is 7.02. The number of carbonyl (C=O) groups is 2. The van der Waals surface area contributed by atoms with Gasteiger partial charge in [0, 0.05) is 62.4 Å². The molecule has 0 bridgehead atoms. The number of aromatic nitrogens is 2. The molecule has 7 nitrogen and oxygen atoms in total. The van der Waals surface area contributed by atoms with Crippen molar-refractivity contribution in [3.05, 3.63) is 53.6 Å². The molecule has 0 N–H and O–H groups in total. The minimum Gasteiger partial charge on any atom is -0.490 e.